The summed E-state index contributed by atoms with van der Waals surface area (Å²) in [6.45, 7) is 1.73. The number of Topliss-reactive ketones (excluding diaryl/α,β-unsaturated/α-hetero) is 1. The van der Waals surface area contributed by atoms with Gasteiger partial charge in [-0.2, -0.15) is 0 Å². The largest absolute Gasteiger partial charge is 0.470 e. The molecule has 3 rings (SSSR count). The van der Waals surface area contributed by atoms with E-state index in [1.807, 2.05) is 36.4 Å². The summed E-state index contributed by atoms with van der Waals surface area (Å²) in [4.78, 5) is 11.5. The number of fused-ring (bicyclic) bond motifs is 1. The van der Waals surface area contributed by atoms with E-state index in [1.165, 1.54) is 6.92 Å². The summed E-state index contributed by atoms with van der Waals surface area (Å²) in [5.41, 5.74) is 2.28. The number of aromatic nitrogens is 3. The maximum atomic E-state index is 11.5. The van der Waals surface area contributed by atoms with E-state index >= 15 is 0 Å². The molecule has 5 nitrogen and oxygen atoms in total. The lowest BCUT2D eigenvalue weighted by molar-refractivity contribution is 0.101. The van der Waals surface area contributed by atoms with Gasteiger partial charge in [-0.3, -0.25) is 4.79 Å². The number of rotatable bonds is 4. The quantitative estimate of drug-likeness (QED) is 0.682. The number of benzene rings is 2. The van der Waals surface area contributed by atoms with Crippen LogP contribution in [0.15, 0.2) is 48.5 Å². The van der Waals surface area contributed by atoms with Crippen LogP contribution in [0.4, 0.5) is 0 Å². The smallest absolute Gasteiger partial charge is 0.183 e. The highest BCUT2D eigenvalue weighted by Gasteiger charge is 2.09. The average Bonchev–Trinajstić information content (AvgIpc) is 2.88. The highest BCUT2D eigenvalue weighted by atomic mass is 16.5. The summed E-state index contributed by atoms with van der Waals surface area (Å²) in [7, 11) is 0. The zero-order valence-corrected chi connectivity index (χ0v) is 11.0. The zero-order valence-electron chi connectivity index (χ0n) is 11.0. The lowest BCUT2D eigenvalue weighted by atomic mass is 10.1. The second kappa shape index (κ2) is 5.13. The van der Waals surface area contributed by atoms with Crippen LogP contribution in [0.3, 0.4) is 0 Å². The Hall–Kier alpha value is -2.69. The molecule has 0 bridgehead atoms. The predicted molar refractivity (Wildman–Crippen MR) is 74.6 cm³/mol. The minimum Gasteiger partial charge on any atom is -0.470 e. The highest BCUT2D eigenvalue weighted by Crippen LogP contribution is 2.19. The van der Waals surface area contributed by atoms with E-state index in [1.54, 1.807) is 16.8 Å². The number of para-hydroxylation sites is 2. The van der Waals surface area contributed by atoms with Crippen molar-refractivity contribution < 1.29 is 9.53 Å². The van der Waals surface area contributed by atoms with E-state index in [0.717, 1.165) is 11.0 Å². The molecular formula is C15H13N3O2. The summed E-state index contributed by atoms with van der Waals surface area (Å²) in [5, 5.41) is 8.10. The molecule has 3 aromatic rings. The van der Waals surface area contributed by atoms with Crippen LogP contribution in [0, 0.1) is 0 Å². The normalized spacial score (nSPS) is 10.7. The van der Waals surface area contributed by atoms with Gasteiger partial charge >= 0.3 is 0 Å². The van der Waals surface area contributed by atoms with E-state index in [9.17, 15) is 4.79 Å². The number of ketones is 1. The monoisotopic (exact) mass is 267 g/mol. The van der Waals surface area contributed by atoms with Gasteiger partial charge in [-0.05, 0) is 31.2 Å². The maximum Gasteiger partial charge on any atom is 0.183 e. The van der Waals surface area contributed by atoms with Gasteiger partial charge < -0.3 is 4.74 Å². The molecule has 2 aromatic carbocycles. The number of ether oxygens (including phenoxy) is 1. The van der Waals surface area contributed by atoms with E-state index in [4.69, 9.17) is 4.74 Å². The molecule has 1 heterocycles. The first kappa shape index (κ1) is 12.3. The summed E-state index contributed by atoms with van der Waals surface area (Å²) in [6.07, 6.45) is 0. The van der Waals surface area contributed by atoms with Crippen molar-refractivity contribution in [2.24, 2.45) is 0 Å². The Bertz CT molecular complexity index is 764. The Morgan fingerprint density at radius 1 is 1.15 bits per heavy atom. The molecule has 0 spiro atoms. The van der Waals surface area contributed by atoms with Crippen LogP contribution >= 0.6 is 0 Å². The molecule has 0 radical (unpaired) electrons. The zero-order chi connectivity index (χ0) is 13.9. The van der Waals surface area contributed by atoms with Crippen LogP contribution in [0.5, 0.6) is 5.75 Å². The Labute approximate surface area is 115 Å². The van der Waals surface area contributed by atoms with Crippen LogP contribution in [0.25, 0.3) is 11.0 Å². The molecule has 0 N–H and O–H groups in total. The van der Waals surface area contributed by atoms with Crippen molar-refractivity contribution >= 4 is 16.8 Å². The fourth-order valence-corrected chi connectivity index (χ4v) is 2.03. The van der Waals surface area contributed by atoms with Crippen molar-refractivity contribution in [3.8, 4) is 5.75 Å². The first-order chi connectivity index (χ1) is 9.75. The van der Waals surface area contributed by atoms with Gasteiger partial charge in [0.15, 0.2) is 12.5 Å². The molecule has 0 fully saturated rings. The fourth-order valence-electron chi connectivity index (χ4n) is 2.03. The molecule has 0 aliphatic carbocycles. The molecular weight excluding hydrogens is 254 g/mol. The van der Waals surface area contributed by atoms with Crippen LogP contribution in [-0.2, 0) is 6.73 Å². The Kier molecular flexibility index (Phi) is 3.16. The van der Waals surface area contributed by atoms with Gasteiger partial charge in [0.25, 0.3) is 0 Å². The molecule has 0 saturated heterocycles. The number of carbonyl (C=O) groups excluding carboxylic acids is 1. The average molecular weight is 267 g/mol. The predicted octanol–water partition coefficient (Wildman–Crippen LogP) is 2.67. The van der Waals surface area contributed by atoms with Gasteiger partial charge in [-0.15, -0.1) is 5.10 Å². The molecule has 0 aliphatic heterocycles. The third-order valence-corrected chi connectivity index (χ3v) is 3.03. The van der Waals surface area contributed by atoms with E-state index in [0.29, 0.717) is 11.3 Å². The van der Waals surface area contributed by atoms with Crippen molar-refractivity contribution in [2.75, 3.05) is 0 Å². The molecule has 100 valence electrons. The van der Waals surface area contributed by atoms with Gasteiger partial charge in [-0.1, -0.05) is 29.5 Å². The number of carbonyl (C=O) groups is 1. The van der Waals surface area contributed by atoms with E-state index in [-0.39, 0.29) is 12.5 Å². The Balaban J connectivity index is 1.85. The third kappa shape index (κ3) is 2.25. The number of hydrogen-bond donors (Lipinski definition) is 0. The van der Waals surface area contributed by atoms with E-state index in [2.05, 4.69) is 10.3 Å². The molecule has 0 atom stereocenters. The number of nitrogens with zero attached hydrogens (tertiary/aromatic N) is 3. The van der Waals surface area contributed by atoms with Crippen molar-refractivity contribution in [2.45, 2.75) is 13.7 Å². The minimum atomic E-state index is -0.0240. The SMILES string of the molecule is CC(=O)c1ccccc1OCn1nnc2ccccc21. The first-order valence-corrected chi connectivity index (χ1v) is 6.27. The van der Waals surface area contributed by atoms with Gasteiger partial charge in [0.2, 0.25) is 0 Å². The molecule has 0 aliphatic rings. The summed E-state index contributed by atoms with van der Waals surface area (Å²) in [6, 6.07) is 14.8. The molecule has 0 amide bonds. The second-order valence-electron chi connectivity index (χ2n) is 4.40. The van der Waals surface area contributed by atoms with Crippen LogP contribution in [0.2, 0.25) is 0 Å². The summed E-state index contributed by atoms with van der Waals surface area (Å²) < 4.78 is 7.35. The second-order valence-corrected chi connectivity index (χ2v) is 4.40. The van der Waals surface area contributed by atoms with Crippen LogP contribution in [0.1, 0.15) is 17.3 Å². The standard InChI is InChI=1S/C15H13N3O2/c1-11(19)12-6-2-5-9-15(12)20-10-18-14-8-4-3-7-13(14)16-17-18/h2-9H,10H2,1H3. The van der Waals surface area contributed by atoms with Gasteiger partial charge in [-0.25, -0.2) is 4.68 Å². The number of hydrogen-bond acceptors (Lipinski definition) is 4. The lowest BCUT2D eigenvalue weighted by Gasteiger charge is -2.09. The molecule has 0 saturated carbocycles. The van der Waals surface area contributed by atoms with Crippen LogP contribution in [-0.4, -0.2) is 20.8 Å². The maximum absolute atomic E-state index is 11.5. The molecule has 5 heteroatoms. The van der Waals surface area contributed by atoms with Crippen LogP contribution < -0.4 is 4.74 Å². The third-order valence-electron chi connectivity index (χ3n) is 3.03. The van der Waals surface area contributed by atoms with Gasteiger partial charge in [0.05, 0.1) is 11.1 Å². The van der Waals surface area contributed by atoms with Gasteiger partial charge in [0.1, 0.15) is 11.3 Å². The van der Waals surface area contributed by atoms with Crippen molar-refractivity contribution in [3.05, 3.63) is 54.1 Å². The highest BCUT2D eigenvalue weighted by molar-refractivity contribution is 5.96. The summed E-state index contributed by atoms with van der Waals surface area (Å²) in [5.74, 6) is 0.531. The molecule has 1 aromatic heterocycles. The Morgan fingerprint density at radius 3 is 2.75 bits per heavy atom. The van der Waals surface area contributed by atoms with Crippen molar-refractivity contribution in [1.29, 1.82) is 0 Å². The molecule has 0 unspecified atom stereocenters. The minimum absolute atomic E-state index is 0.0240. The van der Waals surface area contributed by atoms with Crippen molar-refractivity contribution in [3.63, 3.8) is 0 Å². The Morgan fingerprint density at radius 2 is 1.90 bits per heavy atom. The lowest BCUT2D eigenvalue weighted by Crippen LogP contribution is -2.09. The first-order valence-electron chi connectivity index (χ1n) is 6.27. The molecule has 20 heavy (non-hydrogen) atoms. The fraction of sp³-hybridized carbons (Fsp3) is 0.133. The summed E-state index contributed by atoms with van der Waals surface area (Å²) >= 11 is 0. The topological polar surface area (TPSA) is 57.0 Å². The van der Waals surface area contributed by atoms with Gasteiger partial charge in [0, 0.05) is 0 Å². The van der Waals surface area contributed by atoms with E-state index < -0.39 is 0 Å². The van der Waals surface area contributed by atoms with Crippen molar-refractivity contribution in [1.82, 2.24) is 15.0 Å².